The summed E-state index contributed by atoms with van der Waals surface area (Å²) in [5.41, 5.74) is 2.39. The first-order valence-corrected chi connectivity index (χ1v) is 7.33. The Morgan fingerprint density at radius 3 is 2.75 bits per heavy atom. The number of para-hydroxylation sites is 1. The maximum Gasteiger partial charge on any atom is 0.182 e. The van der Waals surface area contributed by atoms with E-state index < -0.39 is 5.82 Å². The minimum Gasteiger partial charge on any atom is -0.494 e. The lowest BCUT2D eigenvalue weighted by atomic mass is 10.2. The highest BCUT2D eigenvalue weighted by molar-refractivity contribution is 14.1. The number of aromatic nitrogens is 2. The molecule has 3 aromatic rings. The number of fused-ring (bicyclic) bond motifs is 1. The Bertz CT molecular complexity index is 856. The summed E-state index contributed by atoms with van der Waals surface area (Å²) >= 11 is 7.61. The van der Waals surface area contributed by atoms with Crippen LogP contribution in [-0.2, 0) is 0 Å². The van der Waals surface area contributed by atoms with Crippen molar-refractivity contribution in [1.29, 1.82) is 0 Å². The highest BCUT2D eigenvalue weighted by Gasteiger charge is 2.13. The van der Waals surface area contributed by atoms with Crippen LogP contribution < -0.4 is 4.74 Å². The van der Waals surface area contributed by atoms with E-state index in [1.807, 2.05) is 28.8 Å². The SMILES string of the molecule is COc1cc2c(cc1F)[nH]c(=S)n2-c1ccccc1I. The number of nitrogens with zero attached hydrogens (tertiary/aromatic N) is 1. The van der Waals surface area contributed by atoms with Gasteiger partial charge in [0.25, 0.3) is 0 Å². The second-order valence-corrected chi connectivity index (χ2v) is 5.77. The molecule has 3 nitrogen and oxygen atoms in total. The molecule has 1 aromatic heterocycles. The predicted molar refractivity (Wildman–Crippen MR) is 87.7 cm³/mol. The summed E-state index contributed by atoms with van der Waals surface area (Å²) in [4.78, 5) is 3.02. The second kappa shape index (κ2) is 5.17. The Kier molecular flexibility index (Phi) is 3.51. The van der Waals surface area contributed by atoms with E-state index >= 15 is 0 Å². The maximum absolute atomic E-state index is 13.8. The number of benzene rings is 2. The number of nitrogens with one attached hydrogen (secondary N) is 1. The van der Waals surface area contributed by atoms with Gasteiger partial charge in [-0.15, -0.1) is 0 Å². The average Bonchev–Trinajstić information content (AvgIpc) is 2.73. The number of rotatable bonds is 2. The van der Waals surface area contributed by atoms with Crippen LogP contribution >= 0.6 is 34.8 Å². The molecule has 0 aliphatic rings. The van der Waals surface area contributed by atoms with Gasteiger partial charge in [-0.2, -0.15) is 0 Å². The van der Waals surface area contributed by atoms with Gasteiger partial charge in [0, 0.05) is 15.7 Å². The molecule has 6 heteroatoms. The van der Waals surface area contributed by atoms with E-state index in [1.165, 1.54) is 13.2 Å². The lowest BCUT2D eigenvalue weighted by Crippen LogP contribution is -1.97. The van der Waals surface area contributed by atoms with E-state index in [2.05, 4.69) is 27.6 Å². The fourth-order valence-electron chi connectivity index (χ4n) is 2.14. The Morgan fingerprint density at radius 2 is 2.05 bits per heavy atom. The molecule has 0 saturated heterocycles. The molecule has 0 fully saturated rings. The lowest BCUT2D eigenvalue weighted by Gasteiger charge is -2.08. The van der Waals surface area contributed by atoms with E-state index in [-0.39, 0.29) is 5.75 Å². The van der Waals surface area contributed by atoms with Crippen molar-refractivity contribution in [2.24, 2.45) is 0 Å². The zero-order chi connectivity index (χ0) is 14.3. The van der Waals surface area contributed by atoms with E-state index in [1.54, 1.807) is 6.07 Å². The first-order chi connectivity index (χ1) is 9.61. The first kappa shape index (κ1) is 13.6. The lowest BCUT2D eigenvalue weighted by molar-refractivity contribution is 0.387. The zero-order valence-electron chi connectivity index (χ0n) is 10.5. The quantitative estimate of drug-likeness (QED) is 0.509. The van der Waals surface area contributed by atoms with Gasteiger partial charge in [-0.05, 0) is 46.9 Å². The fourth-order valence-corrected chi connectivity index (χ4v) is 3.07. The largest absolute Gasteiger partial charge is 0.494 e. The zero-order valence-corrected chi connectivity index (χ0v) is 13.5. The number of aromatic amines is 1. The Morgan fingerprint density at radius 1 is 1.30 bits per heavy atom. The van der Waals surface area contributed by atoms with Crippen molar-refractivity contribution >= 4 is 45.8 Å². The third-order valence-electron chi connectivity index (χ3n) is 3.05. The van der Waals surface area contributed by atoms with Gasteiger partial charge in [0.1, 0.15) is 0 Å². The number of halogens is 2. The molecule has 2 aromatic carbocycles. The molecule has 0 aliphatic heterocycles. The van der Waals surface area contributed by atoms with Gasteiger partial charge < -0.3 is 9.72 Å². The third kappa shape index (κ3) is 2.12. The number of ether oxygens (including phenoxy) is 1. The Balaban J connectivity index is 2.39. The Hall–Kier alpha value is -1.41. The molecular formula is C14H10FIN2OS. The molecular weight excluding hydrogens is 390 g/mol. The smallest absolute Gasteiger partial charge is 0.182 e. The molecule has 3 rings (SSSR count). The molecule has 1 heterocycles. The van der Waals surface area contributed by atoms with Crippen LogP contribution in [0.1, 0.15) is 0 Å². The van der Waals surface area contributed by atoms with Gasteiger partial charge in [0.2, 0.25) is 0 Å². The molecule has 102 valence electrons. The summed E-state index contributed by atoms with van der Waals surface area (Å²) in [6.07, 6.45) is 0. The molecule has 0 atom stereocenters. The topological polar surface area (TPSA) is 29.9 Å². The minimum atomic E-state index is -0.411. The summed E-state index contributed by atoms with van der Waals surface area (Å²) in [5, 5.41) is 0. The summed E-state index contributed by atoms with van der Waals surface area (Å²) < 4.78 is 22.3. The number of methoxy groups -OCH3 is 1. The van der Waals surface area contributed by atoms with Crippen LogP contribution in [0.25, 0.3) is 16.7 Å². The van der Waals surface area contributed by atoms with Gasteiger partial charge in [-0.25, -0.2) is 4.39 Å². The normalized spacial score (nSPS) is 10.9. The minimum absolute atomic E-state index is 0.200. The van der Waals surface area contributed by atoms with Crippen LogP contribution in [0.2, 0.25) is 0 Å². The molecule has 1 N–H and O–H groups in total. The van der Waals surface area contributed by atoms with Gasteiger partial charge >= 0.3 is 0 Å². The number of hydrogen-bond acceptors (Lipinski definition) is 2. The van der Waals surface area contributed by atoms with Gasteiger partial charge in [0.05, 0.1) is 23.8 Å². The monoisotopic (exact) mass is 400 g/mol. The van der Waals surface area contributed by atoms with E-state index in [4.69, 9.17) is 17.0 Å². The van der Waals surface area contributed by atoms with E-state index in [0.717, 1.165) is 14.8 Å². The molecule has 0 amide bonds. The summed E-state index contributed by atoms with van der Waals surface area (Å²) in [6.45, 7) is 0. The number of H-pyrrole nitrogens is 1. The van der Waals surface area contributed by atoms with Crippen LogP contribution in [0.15, 0.2) is 36.4 Å². The van der Waals surface area contributed by atoms with Crippen LogP contribution in [0.5, 0.6) is 5.75 Å². The molecule has 20 heavy (non-hydrogen) atoms. The Labute approximate surface area is 133 Å². The highest BCUT2D eigenvalue weighted by atomic mass is 127. The van der Waals surface area contributed by atoms with E-state index in [0.29, 0.717) is 10.3 Å². The van der Waals surface area contributed by atoms with Crippen molar-refractivity contribution in [3.05, 3.63) is 50.6 Å². The van der Waals surface area contributed by atoms with Crippen LogP contribution in [0, 0.1) is 14.2 Å². The van der Waals surface area contributed by atoms with Gasteiger partial charge in [-0.3, -0.25) is 4.57 Å². The summed E-state index contributed by atoms with van der Waals surface area (Å²) in [7, 11) is 1.45. The third-order valence-corrected chi connectivity index (χ3v) is 4.25. The number of imidazole rings is 1. The second-order valence-electron chi connectivity index (χ2n) is 4.22. The van der Waals surface area contributed by atoms with E-state index in [9.17, 15) is 4.39 Å². The first-order valence-electron chi connectivity index (χ1n) is 5.85. The van der Waals surface area contributed by atoms with Crippen molar-refractivity contribution in [3.63, 3.8) is 0 Å². The fraction of sp³-hybridized carbons (Fsp3) is 0.0714. The molecule has 0 saturated carbocycles. The summed E-state index contributed by atoms with van der Waals surface area (Å²) in [6, 6.07) is 10.9. The van der Waals surface area contributed by atoms with Crippen molar-refractivity contribution in [1.82, 2.24) is 9.55 Å². The van der Waals surface area contributed by atoms with Crippen LogP contribution in [0.3, 0.4) is 0 Å². The molecule has 0 unspecified atom stereocenters. The standard InChI is InChI=1S/C14H10FIN2OS/c1-19-13-7-12-10(6-8(13)15)17-14(20)18(12)11-5-3-2-4-9(11)16/h2-7H,1H3,(H,17,20). The molecule has 0 aliphatic carbocycles. The van der Waals surface area contributed by atoms with Gasteiger partial charge in [-0.1, -0.05) is 12.1 Å². The summed E-state index contributed by atoms with van der Waals surface area (Å²) in [5.74, 6) is -0.211. The predicted octanol–water partition coefficient (Wildman–Crippen LogP) is 4.44. The molecule has 0 radical (unpaired) electrons. The molecule has 0 bridgehead atoms. The van der Waals surface area contributed by atoms with Crippen molar-refractivity contribution in [2.75, 3.05) is 7.11 Å². The van der Waals surface area contributed by atoms with Crippen molar-refractivity contribution in [3.8, 4) is 11.4 Å². The van der Waals surface area contributed by atoms with Crippen LogP contribution in [0.4, 0.5) is 4.39 Å². The average molecular weight is 400 g/mol. The molecule has 0 spiro atoms. The van der Waals surface area contributed by atoms with Crippen molar-refractivity contribution in [2.45, 2.75) is 0 Å². The number of hydrogen-bond donors (Lipinski definition) is 1. The highest BCUT2D eigenvalue weighted by Crippen LogP contribution is 2.28. The maximum atomic E-state index is 13.8. The van der Waals surface area contributed by atoms with Gasteiger partial charge in [0.15, 0.2) is 16.3 Å². The van der Waals surface area contributed by atoms with Crippen LogP contribution in [-0.4, -0.2) is 16.7 Å². The van der Waals surface area contributed by atoms with Crippen molar-refractivity contribution < 1.29 is 9.13 Å².